The zero-order valence-corrected chi connectivity index (χ0v) is 31.2. The number of benzene rings is 4. The van der Waals surface area contributed by atoms with Crippen molar-refractivity contribution < 1.29 is 48.0 Å². The van der Waals surface area contributed by atoms with Gasteiger partial charge >= 0.3 is 12.4 Å². The van der Waals surface area contributed by atoms with Crippen LogP contribution in [0.4, 0.5) is 26.3 Å². The fourth-order valence-electron chi connectivity index (χ4n) is 4.98. The van der Waals surface area contributed by atoms with E-state index < -0.39 is 54.4 Å². The first-order chi connectivity index (χ1) is 24.6. The van der Waals surface area contributed by atoms with Crippen LogP contribution in [0.25, 0.3) is 0 Å². The van der Waals surface area contributed by atoms with Crippen LogP contribution in [0, 0.1) is 5.92 Å². The lowest BCUT2D eigenvalue weighted by Gasteiger charge is -2.31. The van der Waals surface area contributed by atoms with Crippen molar-refractivity contribution in [1.82, 2.24) is 9.62 Å². The number of amides is 1. The molecular formula is C34H32Cl3F6N3O5S2. The van der Waals surface area contributed by atoms with E-state index in [0.717, 1.165) is 12.1 Å². The third kappa shape index (κ3) is 13.2. The molecule has 19 heteroatoms. The zero-order chi connectivity index (χ0) is 39.6. The molecule has 0 bridgehead atoms. The summed E-state index contributed by atoms with van der Waals surface area (Å²) in [6.07, 6.45) is -7.88. The average Bonchev–Trinajstić information content (AvgIpc) is 3.10. The molecular weight excluding hydrogens is 815 g/mol. The van der Waals surface area contributed by atoms with Crippen LogP contribution in [-0.2, 0) is 49.3 Å². The van der Waals surface area contributed by atoms with E-state index in [1.54, 1.807) is 0 Å². The summed E-state index contributed by atoms with van der Waals surface area (Å²) >= 11 is 11.3. The standard InChI is InChI=1S/C20H20ClF3N2O3S.C8H8F3N.C6H4Cl2O2S/c21-16-7-9-17(10-8-16)30(28,29)26-11-3-5-15(13-26)19(27)25-12-14-4-1-2-6-18(14)20(22,23)24;9-8(10,11)7-4-2-1-3-6(7)5-12;7-5-1-3-6(4-2-5)11(8,9)10/h1-2,4,6-10,15H,3,5,11-13H2,(H,25,27);1-4H,5,12H2;1-4H. The minimum atomic E-state index is -4.52. The quantitative estimate of drug-likeness (QED) is 0.142. The van der Waals surface area contributed by atoms with Crippen LogP contribution in [0.5, 0.6) is 0 Å². The van der Waals surface area contributed by atoms with Gasteiger partial charge in [-0.3, -0.25) is 4.79 Å². The number of hydrogen-bond donors (Lipinski definition) is 2. The van der Waals surface area contributed by atoms with Crippen LogP contribution in [0.15, 0.2) is 107 Å². The molecule has 0 aromatic heterocycles. The van der Waals surface area contributed by atoms with Crippen molar-refractivity contribution in [3.8, 4) is 0 Å². The maximum Gasteiger partial charge on any atom is 0.416 e. The van der Waals surface area contributed by atoms with Crippen LogP contribution in [0.2, 0.25) is 10.0 Å². The topological polar surface area (TPSA) is 127 Å². The van der Waals surface area contributed by atoms with Crippen molar-refractivity contribution in [3.05, 3.63) is 129 Å². The number of nitrogens with two attached hydrogens (primary N) is 1. The second kappa shape index (κ2) is 18.8. The molecule has 1 unspecified atom stereocenters. The molecule has 8 nitrogen and oxygen atoms in total. The second-order valence-corrected chi connectivity index (χ2v) is 16.7. The minimum absolute atomic E-state index is 0.0300. The number of nitrogens with zero attached hydrogens (tertiary/aromatic N) is 1. The highest BCUT2D eigenvalue weighted by Crippen LogP contribution is 2.33. The van der Waals surface area contributed by atoms with Gasteiger partial charge in [-0.2, -0.15) is 30.6 Å². The zero-order valence-electron chi connectivity index (χ0n) is 27.3. The largest absolute Gasteiger partial charge is 0.416 e. The Morgan fingerprint density at radius 1 is 0.736 bits per heavy atom. The van der Waals surface area contributed by atoms with Crippen molar-refractivity contribution >= 4 is 58.9 Å². The van der Waals surface area contributed by atoms with E-state index in [2.05, 4.69) is 5.32 Å². The Morgan fingerprint density at radius 3 is 1.64 bits per heavy atom. The molecule has 1 fully saturated rings. The molecule has 1 aliphatic heterocycles. The third-order valence-corrected chi connectivity index (χ3v) is 11.4. The van der Waals surface area contributed by atoms with E-state index in [1.807, 2.05) is 0 Å². The monoisotopic (exact) mass is 845 g/mol. The van der Waals surface area contributed by atoms with Crippen LogP contribution in [0.3, 0.4) is 0 Å². The molecule has 0 saturated carbocycles. The SMILES string of the molecule is NCc1ccccc1C(F)(F)F.O=C(NCc1ccccc1C(F)(F)F)C1CCCN(S(=O)(=O)c2ccc(Cl)cc2)C1.O=S(=O)(Cl)c1ccc(Cl)cc1. The summed E-state index contributed by atoms with van der Waals surface area (Å²) in [5, 5.41) is 3.41. The minimum Gasteiger partial charge on any atom is -0.352 e. The number of sulfonamides is 1. The van der Waals surface area contributed by atoms with Crippen molar-refractivity contribution in [2.45, 2.75) is 48.1 Å². The molecule has 3 N–H and O–H groups in total. The summed E-state index contributed by atoms with van der Waals surface area (Å²) in [5.74, 6) is -1.11. The Balaban J connectivity index is 0.000000268. The van der Waals surface area contributed by atoms with E-state index in [0.29, 0.717) is 22.9 Å². The molecule has 0 aliphatic carbocycles. The first-order valence-corrected chi connectivity index (χ1v) is 19.9. The number of rotatable bonds is 7. The van der Waals surface area contributed by atoms with Crippen molar-refractivity contribution in [2.75, 3.05) is 13.1 Å². The Kier molecular flexibility index (Phi) is 15.6. The van der Waals surface area contributed by atoms with Gasteiger partial charge in [0.2, 0.25) is 15.9 Å². The molecule has 1 saturated heterocycles. The van der Waals surface area contributed by atoms with Gasteiger partial charge in [0.1, 0.15) is 0 Å². The van der Waals surface area contributed by atoms with E-state index in [1.165, 1.54) is 89.2 Å². The Labute approximate surface area is 317 Å². The Hall–Kier alpha value is -3.38. The molecule has 0 radical (unpaired) electrons. The van der Waals surface area contributed by atoms with Crippen LogP contribution < -0.4 is 11.1 Å². The van der Waals surface area contributed by atoms with Gasteiger partial charge in [0.25, 0.3) is 9.05 Å². The number of carbonyl (C=O) groups excluding carboxylic acids is 1. The van der Waals surface area contributed by atoms with Crippen LogP contribution in [0.1, 0.15) is 35.1 Å². The van der Waals surface area contributed by atoms with E-state index in [-0.39, 0.29) is 47.1 Å². The highest BCUT2D eigenvalue weighted by molar-refractivity contribution is 8.13. The first kappa shape index (κ1) is 44.0. The fraction of sp³-hybridized carbons (Fsp3) is 0.265. The predicted molar refractivity (Wildman–Crippen MR) is 190 cm³/mol. The summed E-state index contributed by atoms with van der Waals surface area (Å²) < 4.78 is 124. The van der Waals surface area contributed by atoms with Gasteiger partial charge in [-0.25, -0.2) is 16.8 Å². The maximum atomic E-state index is 13.1. The van der Waals surface area contributed by atoms with E-state index in [9.17, 15) is 48.0 Å². The van der Waals surface area contributed by atoms with Gasteiger partial charge < -0.3 is 11.1 Å². The summed E-state index contributed by atoms with van der Waals surface area (Å²) in [6.45, 7) is -0.131. The molecule has 5 rings (SSSR count). The van der Waals surface area contributed by atoms with Gasteiger partial charge in [0, 0.05) is 46.9 Å². The second-order valence-electron chi connectivity index (χ2n) is 11.3. The highest BCUT2D eigenvalue weighted by atomic mass is 35.7. The number of alkyl halides is 6. The Morgan fingerprint density at radius 2 is 1.19 bits per heavy atom. The lowest BCUT2D eigenvalue weighted by atomic mass is 9.98. The lowest BCUT2D eigenvalue weighted by Crippen LogP contribution is -2.45. The molecule has 288 valence electrons. The van der Waals surface area contributed by atoms with E-state index in [4.69, 9.17) is 39.6 Å². The lowest BCUT2D eigenvalue weighted by molar-refractivity contribution is -0.139. The Bertz CT molecular complexity index is 2050. The molecule has 1 heterocycles. The molecule has 1 aliphatic rings. The highest BCUT2D eigenvalue weighted by Gasteiger charge is 2.35. The summed E-state index contributed by atoms with van der Waals surface area (Å²) in [6, 6.07) is 21.7. The molecule has 53 heavy (non-hydrogen) atoms. The molecule has 1 atom stereocenters. The summed E-state index contributed by atoms with van der Waals surface area (Å²) in [7, 11) is -2.36. The first-order valence-electron chi connectivity index (χ1n) is 15.4. The number of nitrogens with one attached hydrogen (secondary N) is 1. The van der Waals surface area contributed by atoms with Crippen molar-refractivity contribution in [1.29, 1.82) is 0 Å². The number of carbonyl (C=O) groups is 1. The molecule has 1 amide bonds. The number of hydrogen-bond acceptors (Lipinski definition) is 6. The predicted octanol–water partition coefficient (Wildman–Crippen LogP) is 8.51. The smallest absolute Gasteiger partial charge is 0.352 e. The summed E-state index contributed by atoms with van der Waals surface area (Å²) in [5.41, 5.74) is 3.78. The average molecular weight is 847 g/mol. The number of piperidine rings is 1. The number of halogens is 9. The van der Waals surface area contributed by atoms with E-state index >= 15 is 0 Å². The molecule has 4 aromatic rings. The fourth-order valence-corrected chi connectivity index (χ4v) is 7.53. The van der Waals surface area contributed by atoms with Crippen molar-refractivity contribution in [2.24, 2.45) is 11.7 Å². The normalized spacial score (nSPS) is 15.3. The van der Waals surface area contributed by atoms with Gasteiger partial charge in [-0.1, -0.05) is 59.6 Å². The maximum absolute atomic E-state index is 13.1. The summed E-state index contributed by atoms with van der Waals surface area (Å²) in [4.78, 5) is 12.7. The molecule has 4 aromatic carbocycles. The van der Waals surface area contributed by atoms with Gasteiger partial charge in [0.05, 0.1) is 26.8 Å². The van der Waals surface area contributed by atoms with Gasteiger partial charge in [0.15, 0.2) is 0 Å². The van der Waals surface area contributed by atoms with Gasteiger partial charge in [-0.15, -0.1) is 0 Å². The van der Waals surface area contributed by atoms with Gasteiger partial charge in [-0.05, 0) is 84.6 Å². The van der Waals surface area contributed by atoms with Crippen molar-refractivity contribution in [3.63, 3.8) is 0 Å². The molecule has 0 spiro atoms. The van der Waals surface area contributed by atoms with Crippen LogP contribution in [-0.4, -0.2) is 40.1 Å². The third-order valence-electron chi connectivity index (χ3n) is 7.62. The van der Waals surface area contributed by atoms with Crippen LogP contribution >= 0.6 is 33.9 Å².